The lowest BCUT2D eigenvalue weighted by molar-refractivity contribution is 0.500. The molecule has 0 unspecified atom stereocenters. The van der Waals surface area contributed by atoms with E-state index < -0.39 is 0 Å². The lowest BCUT2D eigenvalue weighted by atomic mass is 9.94. The molecule has 0 aliphatic carbocycles. The average molecular weight is 189 g/mol. The lowest BCUT2D eigenvalue weighted by Crippen LogP contribution is -2.37. The number of hydrogen-bond donors (Lipinski definition) is 1. The molecule has 1 aromatic rings. The Kier molecular flexibility index (Phi) is 3.48. The summed E-state index contributed by atoms with van der Waals surface area (Å²) < 4.78 is 0. The Hall–Kier alpha value is -1.08. The van der Waals surface area contributed by atoms with Gasteiger partial charge in [0, 0.05) is 5.54 Å². The second kappa shape index (κ2) is 4.43. The third kappa shape index (κ3) is 2.71. The molecular weight excluding hydrogens is 170 g/mol. The molecule has 1 aromatic carbocycles. The Morgan fingerprint density at radius 2 is 1.79 bits per heavy atom. The topological polar surface area (TPSA) is 12.0 Å². The smallest absolute Gasteiger partial charge is 0.0334 e. The highest BCUT2D eigenvalue weighted by Gasteiger charge is 2.16. The van der Waals surface area contributed by atoms with Crippen LogP contribution in [-0.4, -0.2) is 12.6 Å². The summed E-state index contributed by atoms with van der Waals surface area (Å²) in [6.07, 6.45) is 2.22. The van der Waals surface area contributed by atoms with Crippen molar-refractivity contribution in [1.82, 2.24) is 5.32 Å². The zero-order valence-corrected chi connectivity index (χ0v) is 9.46. The highest BCUT2D eigenvalue weighted by molar-refractivity contribution is 5.54. The van der Waals surface area contributed by atoms with Gasteiger partial charge in [0.1, 0.15) is 0 Å². The van der Waals surface area contributed by atoms with Crippen LogP contribution in [0.25, 0.3) is 6.08 Å². The van der Waals surface area contributed by atoms with Gasteiger partial charge in [-0.05, 0) is 33.4 Å². The summed E-state index contributed by atoms with van der Waals surface area (Å²) in [5.74, 6) is 0. The van der Waals surface area contributed by atoms with Crippen molar-refractivity contribution in [3.05, 3.63) is 41.5 Å². The Balaban J connectivity index is 2.89. The zero-order valence-electron chi connectivity index (χ0n) is 9.46. The first kappa shape index (κ1) is 11.0. The summed E-state index contributed by atoms with van der Waals surface area (Å²) >= 11 is 0. The molecule has 0 aliphatic rings. The summed E-state index contributed by atoms with van der Waals surface area (Å²) in [6.45, 7) is 6.52. The van der Waals surface area contributed by atoms with Crippen molar-refractivity contribution in [2.24, 2.45) is 0 Å². The monoisotopic (exact) mass is 189 g/mol. The van der Waals surface area contributed by atoms with Crippen LogP contribution < -0.4 is 5.32 Å². The van der Waals surface area contributed by atoms with E-state index >= 15 is 0 Å². The maximum absolute atomic E-state index is 3.29. The van der Waals surface area contributed by atoms with Crippen LogP contribution in [0.3, 0.4) is 0 Å². The first-order valence-electron chi connectivity index (χ1n) is 4.99. The fourth-order valence-electron chi connectivity index (χ4n) is 1.18. The largest absolute Gasteiger partial charge is 0.311 e. The van der Waals surface area contributed by atoms with Gasteiger partial charge >= 0.3 is 0 Å². The fraction of sp³-hybridized carbons (Fsp3) is 0.385. The second-order valence-electron chi connectivity index (χ2n) is 4.11. The van der Waals surface area contributed by atoms with Gasteiger partial charge in [-0.1, -0.05) is 42.0 Å². The van der Waals surface area contributed by atoms with Gasteiger partial charge < -0.3 is 5.32 Å². The molecule has 0 aromatic heterocycles. The first-order valence-corrected chi connectivity index (χ1v) is 4.99. The molecule has 0 bridgehead atoms. The Labute approximate surface area is 86.8 Å². The van der Waals surface area contributed by atoms with E-state index in [9.17, 15) is 0 Å². The third-order valence-electron chi connectivity index (χ3n) is 2.79. The third-order valence-corrected chi connectivity index (χ3v) is 2.79. The van der Waals surface area contributed by atoms with Crippen molar-refractivity contribution in [2.75, 3.05) is 7.05 Å². The highest BCUT2D eigenvalue weighted by Crippen LogP contribution is 2.17. The predicted molar refractivity (Wildman–Crippen MR) is 63.2 cm³/mol. The molecule has 0 heterocycles. The number of benzene rings is 1. The van der Waals surface area contributed by atoms with Crippen molar-refractivity contribution in [3.63, 3.8) is 0 Å². The van der Waals surface area contributed by atoms with E-state index in [1.165, 1.54) is 11.1 Å². The molecule has 1 N–H and O–H groups in total. The van der Waals surface area contributed by atoms with Gasteiger partial charge in [-0.3, -0.25) is 0 Å². The van der Waals surface area contributed by atoms with Crippen LogP contribution in [0.5, 0.6) is 0 Å². The Bertz CT molecular complexity index is 309. The number of rotatable bonds is 3. The van der Waals surface area contributed by atoms with Crippen LogP contribution in [0.4, 0.5) is 0 Å². The summed E-state index contributed by atoms with van der Waals surface area (Å²) in [7, 11) is 1.99. The molecule has 0 amide bonds. The van der Waals surface area contributed by atoms with E-state index in [4.69, 9.17) is 0 Å². The lowest BCUT2D eigenvalue weighted by Gasteiger charge is -2.25. The number of hydrogen-bond acceptors (Lipinski definition) is 1. The van der Waals surface area contributed by atoms with Crippen molar-refractivity contribution < 1.29 is 0 Å². The summed E-state index contributed by atoms with van der Waals surface area (Å²) in [6, 6.07) is 10.4. The molecule has 76 valence electrons. The molecule has 0 saturated heterocycles. The van der Waals surface area contributed by atoms with E-state index in [1.807, 2.05) is 13.1 Å². The van der Waals surface area contributed by atoms with Gasteiger partial charge in [0.15, 0.2) is 0 Å². The van der Waals surface area contributed by atoms with Crippen molar-refractivity contribution in [3.8, 4) is 0 Å². The van der Waals surface area contributed by atoms with Crippen LogP contribution in [0.1, 0.15) is 26.3 Å². The average Bonchev–Trinajstić information content (AvgIpc) is 2.19. The van der Waals surface area contributed by atoms with Gasteiger partial charge in [0.25, 0.3) is 0 Å². The van der Waals surface area contributed by atoms with Crippen molar-refractivity contribution >= 4 is 6.08 Å². The predicted octanol–water partition coefficient (Wildman–Crippen LogP) is 3.09. The van der Waals surface area contributed by atoms with Crippen LogP contribution in [0.2, 0.25) is 0 Å². The standard InChI is InChI=1S/C13H19N/c1-11(13(2,3)14-4)10-12-8-6-5-7-9-12/h5-10,14H,1-4H3/b11-10+. The molecule has 1 heteroatoms. The van der Waals surface area contributed by atoms with E-state index in [-0.39, 0.29) is 5.54 Å². The first-order chi connectivity index (χ1) is 6.56. The summed E-state index contributed by atoms with van der Waals surface area (Å²) in [4.78, 5) is 0. The maximum Gasteiger partial charge on any atom is 0.0334 e. The zero-order chi connectivity index (χ0) is 10.6. The molecule has 1 rings (SSSR count). The molecular formula is C13H19N. The van der Waals surface area contributed by atoms with E-state index in [1.54, 1.807) is 0 Å². The van der Waals surface area contributed by atoms with E-state index in [0.717, 1.165) is 0 Å². The van der Waals surface area contributed by atoms with Gasteiger partial charge in [0.05, 0.1) is 0 Å². The van der Waals surface area contributed by atoms with Gasteiger partial charge in [-0.15, -0.1) is 0 Å². The van der Waals surface area contributed by atoms with Crippen LogP contribution in [0.15, 0.2) is 35.9 Å². The van der Waals surface area contributed by atoms with Gasteiger partial charge in [-0.25, -0.2) is 0 Å². The van der Waals surface area contributed by atoms with Gasteiger partial charge in [0.2, 0.25) is 0 Å². The Morgan fingerprint density at radius 1 is 1.21 bits per heavy atom. The van der Waals surface area contributed by atoms with Crippen LogP contribution in [0, 0.1) is 0 Å². The molecule has 0 fully saturated rings. The van der Waals surface area contributed by atoms with E-state index in [0.29, 0.717) is 0 Å². The minimum atomic E-state index is 0.0653. The quantitative estimate of drug-likeness (QED) is 0.770. The van der Waals surface area contributed by atoms with Crippen molar-refractivity contribution in [1.29, 1.82) is 0 Å². The molecule has 0 saturated carbocycles. The SMILES string of the molecule is CNC(C)(C)/C(C)=C/c1ccccc1. The fourth-order valence-corrected chi connectivity index (χ4v) is 1.18. The maximum atomic E-state index is 3.29. The minimum Gasteiger partial charge on any atom is -0.311 e. The number of nitrogens with one attached hydrogen (secondary N) is 1. The van der Waals surface area contributed by atoms with Crippen LogP contribution in [-0.2, 0) is 0 Å². The molecule has 14 heavy (non-hydrogen) atoms. The Morgan fingerprint density at radius 3 is 2.29 bits per heavy atom. The summed E-state index contributed by atoms with van der Waals surface area (Å²) in [5, 5.41) is 3.29. The highest BCUT2D eigenvalue weighted by atomic mass is 14.9. The minimum absolute atomic E-state index is 0.0653. The van der Waals surface area contributed by atoms with Crippen molar-refractivity contribution in [2.45, 2.75) is 26.3 Å². The molecule has 0 aliphatic heterocycles. The second-order valence-corrected chi connectivity index (χ2v) is 4.11. The number of likely N-dealkylation sites (N-methyl/N-ethyl adjacent to an activating group) is 1. The molecule has 1 nitrogen and oxygen atoms in total. The van der Waals surface area contributed by atoms with Gasteiger partial charge in [-0.2, -0.15) is 0 Å². The normalized spacial score (nSPS) is 13.0. The molecule has 0 atom stereocenters. The molecule has 0 radical (unpaired) electrons. The van der Waals surface area contributed by atoms with Crippen LogP contribution >= 0.6 is 0 Å². The molecule has 0 spiro atoms. The van der Waals surface area contributed by atoms with E-state index in [2.05, 4.69) is 56.4 Å². The summed E-state index contributed by atoms with van der Waals surface area (Å²) in [5.41, 5.74) is 2.66.